The standard InChI is InChI=1S/C19H25N3O3S/c1-13-2-3-14(24-13)6-21-8-17-15(10-23)16-7-22(9-18-20-4-5-26-18)12-19(16,11-21)25-17/h2-5,15-17,23H,6-12H2,1H3/t15-,16+,17+,19+/m0/s1. The number of likely N-dealkylation sites (tertiary alicyclic amines) is 2. The molecule has 0 amide bonds. The van der Waals surface area contributed by atoms with Crippen LogP contribution in [-0.4, -0.2) is 64.4 Å². The van der Waals surface area contributed by atoms with Crippen LogP contribution < -0.4 is 0 Å². The molecule has 7 heteroatoms. The van der Waals surface area contributed by atoms with Crippen LogP contribution in [0.15, 0.2) is 28.1 Å². The number of aryl methyl sites for hydroxylation is 1. The SMILES string of the molecule is Cc1ccc(CN2C[C@H]3O[C@@]4(CN(Cc5nccs5)C[C@@H]4[C@@H]3CO)C2)o1. The normalized spacial score (nSPS) is 34.5. The Bertz CT molecular complexity index is 764. The van der Waals surface area contributed by atoms with Crippen LogP contribution in [0.4, 0.5) is 0 Å². The zero-order chi connectivity index (χ0) is 17.7. The molecule has 1 N–H and O–H groups in total. The zero-order valence-electron chi connectivity index (χ0n) is 15.0. The first-order valence-electron chi connectivity index (χ1n) is 9.32. The van der Waals surface area contributed by atoms with E-state index in [9.17, 15) is 5.11 Å². The summed E-state index contributed by atoms with van der Waals surface area (Å²) in [6, 6.07) is 4.09. The molecule has 140 valence electrons. The highest BCUT2D eigenvalue weighted by molar-refractivity contribution is 7.09. The number of aliphatic hydroxyl groups excluding tert-OH is 1. The van der Waals surface area contributed by atoms with Crippen LogP contribution in [0.1, 0.15) is 16.5 Å². The highest BCUT2D eigenvalue weighted by Crippen LogP contribution is 2.49. The molecule has 5 heterocycles. The van der Waals surface area contributed by atoms with Crippen LogP contribution in [0.3, 0.4) is 0 Å². The van der Waals surface area contributed by atoms with Gasteiger partial charge in [-0.2, -0.15) is 0 Å². The maximum Gasteiger partial charge on any atom is 0.118 e. The molecule has 3 fully saturated rings. The molecule has 0 aromatic carbocycles. The van der Waals surface area contributed by atoms with E-state index < -0.39 is 0 Å². The maximum absolute atomic E-state index is 10.0. The molecule has 2 aromatic heterocycles. The molecule has 3 saturated heterocycles. The van der Waals surface area contributed by atoms with Crippen molar-refractivity contribution in [1.82, 2.24) is 14.8 Å². The second-order valence-electron chi connectivity index (χ2n) is 7.95. The van der Waals surface area contributed by atoms with Crippen molar-refractivity contribution >= 4 is 11.3 Å². The summed E-state index contributed by atoms with van der Waals surface area (Å²) in [6.45, 7) is 7.54. The zero-order valence-corrected chi connectivity index (χ0v) is 15.8. The lowest BCUT2D eigenvalue weighted by molar-refractivity contribution is -0.120. The van der Waals surface area contributed by atoms with E-state index in [-0.39, 0.29) is 24.2 Å². The van der Waals surface area contributed by atoms with Gasteiger partial charge in [0.1, 0.15) is 16.5 Å². The fraction of sp³-hybridized carbons (Fsp3) is 0.632. The molecule has 6 nitrogen and oxygen atoms in total. The number of ether oxygens (including phenoxy) is 1. The molecule has 2 bridgehead atoms. The summed E-state index contributed by atoms with van der Waals surface area (Å²) in [5.74, 6) is 2.58. The Morgan fingerprint density at radius 1 is 1.27 bits per heavy atom. The van der Waals surface area contributed by atoms with Gasteiger partial charge in [0.15, 0.2) is 0 Å². The third-order valence-electron chi connectivity index (χ3n) is 6.16. The minimum Gasteiger partial charge on any atom is -0.465 e. The van der Waals surface area contributed by atoms with Gasteiger partial charge in [-0.25, -0.2) is 4.98 Å². The van der Waals surface area contributed by atoms with Crippen LogP contribution in [-0.2, 0) is 17.8 Å². The Hall–Kier alpha value is -1.25. The van der Waals surface area contributed by atoms with E-state index in [1.54, 1.807) is 11.3 Å². The van der Waals surface area contributed by atoms with Gasteiger partial charge in [-0.15, -0.1) is 11.3 Å². The second-order valence-corrected chi connectivity index (χ2v) is 8.93. The molecule has 0 aliphatic carbocycles. The molecule has 0 radical (unpaired) electrons. The van der Waals surface area contributed by atoms with Crippen molar-refractivity contribution in [1.29, 1.82) is 0 Å². The predicted octanol–water partition coefficient (Wildman–Crippen LogP) is 1.74. The minimum absolute atomic E-state index is 0.122. The Balaban J connectivity index is 1.34. The van der Waals surface area contributed by atoms with Gasteiger partial charge >= 0.3 is 0 Å². The lowest BCUT2D eigenvalue weighted by Crippen LogP contribution is -2.53. The van der Waals surface area contributed by atoms with Crippen molar-refractivity contribution in [3.8, 4) is 0 Å². The van der Waals surface area contributed by atoms with Crippen molar-refractivity contribution in [2.24, 2.45) is 11.8 Å². The number of hydrogen-bond acceptors (Lipinski definition) is 7. The van der Waals surface area contributed by atoms with E-state index in [2.05, 4.69) is 20.9 Å². The van der Waals surface area contributed by atoms with Crippen molar-refractivity contribution in [3.05, 3.63) is 40.2 Å². The molecule has 26 heavy (non-hydrogen) atoms. The number of rotatable bonds is 5. The summed E-state index contributed by atoms with van der Waals surface area (Å²) < 4.78 is 12.3. The topological polar surface area (TPSA) is 62.0 Å². The number of morpholine rings is 1. The number of aliphatic hydroxyl groups is 1. The van der Waals surface area contributed by atoms with E-state index in [0.29, 0.717) is 5.92 Å². The van der Waals surface area contributed by atoms with E-state index in [0.717, 1.165) is 55.8 Å². The van der Waals surface area contributed by atoms with Crippen LogP contribution >= 0.6 is 11.3 Å². The number of fused-ring (bicyclic) bond motifs is 1. The van der Waals surface area contributed by atoms with E-state index in [1.165, 1.54) is 0 Å². The van der Waals surface area contributed by atoms with Crippen LogP contribution in [0, 0.1) is 18.8 Å². The quantitative estimate of drug-likeness (QED) is 0.859. The Kier molecular flexibility index (Phi) is 4.17. The first kappa shape index (κ1) is 16.9. The molecule has 3 aliphatic rings. The minimum atomic E-state index is -0.171. The van der Waals surface area contributed by atoms with Crippen molar-refractivity contribution < 1.29 is 14.3 Å². The van der Waals surface area contributed by atoms with Gasteiger partial charge in [-0.05, 0) is 19.1 Å². The summed E-state index contributed by atoms with van der Waals surface area (Å²) in [5, 5.41) is 13.2. The first-order valence-corrected chi connectivity index (χ1v) is 10.2. The number of nitrogens with zero attached hydrogens (tertiary/aromatic N) is 3. The van der Waals surface area contributed by atoms with Crippen LogP contribution in [0.5, 0.6) is 0 Å². The van der Waals surface area contributed by atoms with Gasteiger partial charge in [0.2, 0.25) is 0 Å². The number of aromatic nitrogens is 1. The molecule has 1 spiro atoms. The molecular weight excluding hydrogens is 350 g/mol. The molecule has 3 aliphatic heterocycles. The summed E-state index contributed by atoms with van der Waals surface area (Å²) in [5.41, 5.74) is -0.171. The van der Waals surface area contributed by atoms with Crippen LogP contribution in [0.2, 0.25) is 0 Å². The monoisotopic (exact) mass is 375 g/mol. The van der Waals surface area contributed by atoms with Gasteiger partial charge in [0.05, 0.1) is 24.8 Å². The fourth-order valence-electron chi connectivity index (χ4n) is 5.18. The van der Waals surface area contributed by atoms with Crippen molar-refractivity contribution in [2.45, 2.75) is 31.7 Å². The highest BCUT2D eigenvalue weighted by atomic mass is 32.1. The lowest BCUT2D eigenvalue weighted by Gasteiger charge is -2.40. The number of thiazole rings is 1. The molecule has 4 atom stereocenters. The average molecular weight is 375 g/mol. The summed E-state index contributed by atoms with van der Waals surface area (Å²) in [6.07, 6.45) is 1.99. The van der Waals surface area contributed by atoms with Crippen LogP contribution in [0.25, 0.3) is 0 Å². The van der Waals surface area contributed by atoms with Crippen molar-refractivity contribution in [3.63, 3.8) is 0 Å². The van der Waals surface area contributed by atoms with E-state index in [1.807, 2.05) is 24.6 Å². The number of furan rings is 1. The fourth-order valence-corrected chi connectivity index (χ4v) is 5.83. The molecular formula is C19H25N3O3S. The van der Waals surface area contributed by atoms with E-state index in [4.69, 9.17) is 9.15 Å². The smallest absolute Gasteiger partial charge is 0.118 e. The van der Waals surface area contributed by atoms with Gasteiger partial charge < -0.3 is 14.3 Å². The Labute approximate surface area is 157 Å². The average Bonchev–Trinajstić information content (AvgIpc) is 3.34. The predicted molar refractivity (Wildman–Crippen MR) is 97.8 cm³/mol. The Morgan fingerprint density at radius 2 is 2.12 bits per heavy atom. The summed E-state index contributed by atoms with van der Waals surface area (Å²) >= 11 is 1.70. The third kappa shape index (κ3) is 2.82. The highest BCUT2D eigenvalue weighted by Gasteiger charge is 2.62. The Morgan fingerprint density at radius 3 is 2.81 bits per heavy atom. The second kappa shape index (κ2) is 6.42. The summed E-state index contributed by atoms with van der Waals surface area (Å²) in [7, 11) is 0. The first-order chi connectivity index (χ1) is 12.6. The van der Waals surface area contributed by atoms with Gasteiger partial charge in [-0.1, -0.05) is 0 Å². The molecule has 5 rings (SSSR count). The lowest BCUT2D eigenvalue weighted by atomic mass is 9.83. The van der Waals surface area contributed by atoms with E-state index >= 15 is 0 Å². The number of hydrogen-bond donors (Lipinski definition) is 1. The molecule has 0 saturated carbocycles. The third-order valence-corrected chi connectivity index (χ3v) is 6.92. The van der Waals surface area contributed by atoms with Crippen molar-refractivity contribution in [2.75, 3.05) is 32.8 Å². The molecule has 2 aromatic rings. The largest absolute Gasteiger partial charge is 0.465 e. The van der Waals surface area contributed by atoms with Gasteiger partial charge in [0.25, 0.3) is 0 Å². The molecule has 0 unspecified atom stereocenters. The van der Waals surface area contributed by atoms with Gasteiger partial charge in [0, 0.05) is 56.2 Å². The van der Waals surface area contributed by atoms with Gasteiger partial charge in [-0.3, -0.25) is 9.80 Å². The summed E-state index contributed by atoms with van der Waals surface area (Å²) in [4.78, 5) is 9.32. The maximum atomic E-state index is 10.0.